The number of thiazole rings is 1. The molecular weight excluding hydrogens is 355 g/mol. The van der Waals surface area contributed by atoms with Gasteiger partial charge >= 0.3 is 4.87 Å². The predicted molar refractivity (Wildman–Crippen MR) is 99.5 cm³/mol. The number of hydrogen-bond donors (Lipinski definition) is 1. The SMILES string of the molecule is Cc1csc(=O)n1CCC(=O)Nc1ccc(Oc2cccc(F)c2)cc1. The van der Waals surface area contributed by atoms with Crippen molar-refractivity contribution in [1.29, 1.82) is 0 Å². The van der Waals surface area contributed by atoms with E-state index in [1.165, 1.54) is 12.1 Å². The van der Waals surface area contributed by atoms with Crippen molar-refractivity contribution in [2.75, 3.05) is 5.32 Å². The Kier molecular flexibility index (Phi) is 5.48. The third-order valence-corrected chi connectivity index (χ3v) is 4.59. The van der Waals surface area contributed by atoms with Crippen molar-refractivity contribution >= 4 is 22.9 Å². The van der Waals surface area contributed by atoms with Crippen molar-refractivity contribution in [2.24, 2.45) is 0 Å². The number of rotatable bonds is 6. The number of anilines is 1. The lowest BCUT2D eigenvalue weighted by atomic mass is 10.2. The maximum Gasteiger partial charge on any atom is 0.307 e. The van der Waals surface area contributed by atoms with Crippen LogP contribution in [-0.2, 0) is 11.3 Å². The van der Waals surface area contributed by atoms with Gasteiger partial charge in [-0.05, 0) is 43.3 Å². The van der Waals surface area contributed by atoms with Crippen molar-refractivity contribution in [2.45, 2.75) is 19.9 Å². The van der Waals surface area contributed by atoms with E-state index in [1.807, 2.05) is 6.92 Å². The number of halogens is 1. The number of carbonyl (C=O) groups excluding carboxylic acids is 1. The Morgan fingerprint density at radius 3 is 2.62 bits per heavy atom. The topological polar surface area (TPSA) is 60.3 Å². The molecule has 0 fully saturated rings. The highest BCUT2D eigenvalue weighted by Gasteiger charge is 2.07. The number of nitrogens with one attached hydrogen (secondary N) is 1. The van der Waals surface area contributed by atoms with Crippen LogP contribution < -0.4 is 14.9 Å². The van der Waals surface area contributed by atoms with Crippen molar-refractivity contribution in [3.8, 4) is 11.5 Å². The fraction of sp³-hybridized carbons (Fsp3) is 0.158. The molecule has 0 saturated carbocycles. The average Bonchev–Trinajstić information content (AvgIpc) is 2.93. The van der Waals surface area contributed by atoms with E-state index in [0.29, 0.717) is 23.7 Å². The van der Waals surface area contributed by atoms with E-state index >= 15 is 0 Å². The number of ether oxygens (including phenoxy) is 1. The number of hydrogen-bond acceptors (Lipinski definition) is 4. The summed E-state index contributed by atoms with van der Waals surface area (Å²) in [6, 6.07) is 12.7. The Morgan fingerprint density at radius 2 is 1.96 bits per heavy atom. The quantitative estimate of drug-likeness (QED) is 0.706. The van der Waals surface area contributed by atoms with Crippen molar-refractivity contribution < 1.29 is 13.9 Å². The Morgan fingerprint density at radius 1 is 1.19 bits per heavy atom. The molecule has 3 aromatic rings. The molecule has 0 saturated heterocycles. The Balaban J connectivity index is 1.55. The normalized spacial score (nSPS) is 10.5. The first-order valence-electron chi connectivity index (χ1n) is 7.99. The molecule has 0 aliphatic carbocycles. The Hall–Kier alpha value is -2.93. The second-order valence-corrected chi connectivity index (χ2v) is 6.50. The van der Waals surface area contributed by atoms with Gasteiger partial charge < -0.3 is 14.6 Å². The summed E-state index contributed by atoms with van der Waals surface area (Å²) in [5, 5.41) is 4.55. The Labute approximate surface area is 153 Å². The monoisotopic (exact) mass is 372 g/mol. The van der Waals surface area contributed by atoms with E-state index in [-0.39, 0.29) is 23.0 Å². The van der Waals surface area contributed by atoms with E-state index in [2.05, 4.69) is 5.32 Å². The first-order chi connectivity index (χ1) is 12.5. The fourth-order valence-corrected chi connectivity index (χ4v) is 3.15. The molecule has 0 atom stereocenters. The molecule has 0 aliphatic heterocycles. The predicted octanol–water partition coefficient (Wildman–Crippen LogP) is 4.18. The highest BCUT2D eigenvalue weighted by Crippen LogP contribution is 2.23. The van der Waals surface area contributed by atoms with Crippen molar-refractivity contribution in [1.82, 2.24) is 4.57 Å². The van der Waals surface area contributed by atoms with Crippen LogP contribution >= 0.6 is 11.3 Å². The van der Waals surface area contributed by atoms with E-state index in [9.17, 15) is 14.0 Å². The van der Waals surface area contributed by atoms with Gasteiger partial charge in [0.1, 0.15) is 17.3 Å². The first-order valence-corrected chi connectivity index (χ1v) is 8.87. The van der Waals surface area contributed by atoms with Crippen LogP contribution in [0, 0.1) is 12.7 Å². The second-order valence-electron chi connectivity index (χ2n) is 5.68. The van der Waals surface area contributed by atoms with Crippen LogP contribution in [-0.4, -0.2) is 10.5 Å². The molecule has 0 spiro atoms. The molecular formula is C19H17FN2O3S. The molecule has 0 radical (unpaired) electrons. The van der Waals surface area contributed by atoms with Gasteiger partial charge in [0, 0.05) is 35.8 Å². The smallest absolute Gasteiger partial charge is 0.307 e. The number of carbonyl (C=O) groups is 1. The van der Waals surface area contributed by atoms with E-state index in [4.69, 9.17) is 4.74 Å². The van der Waals surface area contributed by atoms with Crippen LogP contribution in [0.3, 0.4) is 0 Å². The molecule has 1 amide bonds. The minimum absolute atomic E-state index is 0.0610. The molecule has 26 heavy (non-hydrogen) atoms. The zero-order valence-corrected chi connectivity index (χ0v) is 14.9. The van der Waals surface area contributed by atoms with Crippen LogP contribution in [0.15, 0.2) is 58.7 Å². The van der Waals surface area contributed by atoms with Gasteiger partial charge in [-0.15, -0.1) is 0 Å². The standard InChI is InChI=1S/C19H17FN2O3S/c1-13-12-26-19(24)22(13)10-9-18(23)21-15-5-7-16(8-6-15)25-17-4-2-3-14(20)11-17/h2-8,11-12H,9-10H2,1H3,(H,21,23). The van der Waals surface area contributed by atoms with Gasteiger partial charge in [-0.2, -0.15) is 0 Å². The summed E-state index contributed by atoms with van der Waals surface area (Å²) in [6.45, 7) is 2.19. The van der Waals surface area contributed by atoms with Crippen LogP contribution in [0.1, 0.15) is 12.1 Å². The lowest BCUT2D eigenvalue weighted by molar-refractivity contribution is -0.116. The minimum atomic E-state index is -0.369. The van der Waals surface area contributed by atoms with Gasteiger partial charge in [0.15, 0.2) is 0 Å². The highest BCUT2D eigenvalue weighted by atomic mass is 32.1. The summed E-state index contributed by atoms with van der Waals surface area (Å²) in [5.74, 6) is 0.389. The number of aromatic nitrogens is 1. The van der Waals surface area contributed by atoms with Crippen molar-refractivity contribution in [3.05, 3.63) is 75.1 Å². The molecule has 0 unspecified atom stereocenters. The summed E-state index contributed by atoms with van der Waals surface area (Å²) in [5.41, 5.74) is 1.47. The third kappa shape index (κ3) is 4.58. The molecule has 5 nitrogen and oxygen atoms in total. The van der Waals surface area contributed by atoms with Gasteiger partial charge in [0.25, 0.3) is 0 Å². The first kappa shape index (κ1) is 17.9. The molecule has 1 aromatic heterocycles. The zero-order chi connectivity index (χ0) is 18.5. The molecule has 3 rings (SSSR count). The zero-order valence-electron chi connectivity index (χ0n) is 14.1. The van der Waals surface area contributed by atoms with Crippen LogP contribution in [0.5, 0.6) is 11.5 Å². The molecule has 134 valence electrons. The minimum Gasteiger partial charge on any atom is -0.457 e. The molecule has 0 bridgehead atoms. The number of amides is 1. The van der Waals surface area contributed by atoms with Gasteiger partial charge in [-0.25, -0.2) is 4.39 Å². The van der Waals surface area contributed by atoms with E-state index in [1.54, 1.807) is 46.3 Å². The third-order valence-electron chi connectivity index (χ3n) is 3.71. The van der Waals surface area contributed by atoms with Crippen LogP contribution in [0.4, 0.5) is 10.1 Å². The Bertz CT molecular complexity index is 963. The van der Waals surface area contributed by atoms with Gasteiger partial charge in [-0.1, -0.05) is 17.4 Å². The lowest BCUT2D eigenvalue weighted by Gasteiger charge is -2.09. The largest absolute Gasteiger partial charge is 0.457 e. The fourth-order valence-electron chi connectivity index (χ4n) is 2.38. The highest BCUT2D eigenvalue weighted by molar-refractivity contribution is 7.07. The summed E-state index contributed by atoms with van der Waals surface area (Å²) < 4.78 is 20.3. The molecule has 1 heterocycles. The summed E-state index contributed by atoms with van der Waals surface area (Å²) in [4.78, 5) is 23.6. The van der Waals surface area contributed by atoms with E-state index in [0.717, 1.165) is 17.0 Å². The second kappa shape index (κ2) is 7.97. The number of nitrogens with zero attached hydrogens (tertiary/aromatic N) is 1. The van der Waals surface area contributed by atoms with Gasteiger partial charge in [-0.3, -0.25) is 9.59 Å². The summed E-state index contributed by atoms with van der Waals surface area (Å²) >= 11 is 1.13. The summed E-state index contributed by atoms with van der Waals surface area (Å²) in [7, 11) is 0. The molecule has 1 N–H and O–H groups in total. The average molecular weight is 372 g/mol. The van der Waals surface area contributed by atoms with Crippen LogP contribution in [0.2, 0.25) is 0 Å². The maximum absolute atomic E-state index is 13.2. The lowest BCUT2D eigenvalue weighted by Crippen LogP contribution is -2.20. The van der Waals surface area contributed by atoms with E-state index < -0.39 is 0 Å². The number of benzene rings is 2. The molecule has 0 aliphatic rings. The van der Waals surface area contributed by atoms with Crippen LogP contribution in [0.25, 0.3) is 0 Å². The molecule has 2 aromatic carbocycles. The maximum atomic E-state index is 13.2. The van der Waals surface area contributed by atoms with Crippen molar-refractivity contribution in [3.63, 3.8) is 0 Å². The van der Waals surface area contributed by atoms with Gasteiger partial charge in [0.05, 0.1) is 0 Å². The number of aryl methyl sites for hydroxylation is 1. The van der Waals surface area contributed by atoms with Gasteiger partial charge in [0.2, 0.25) is 5.91 Å². The summed E-state index contributed by atoms with van der Waals surface area (Å²) in [6.07, 6.45) is 0.207. The molecule has 7 heteroatoms.